The number of alkyl halides is 3. The van der Waals surface area contributed by atoms with E-state index in [4.69, 9.17) is 46.0 Å². The van der Waals surface area contributed by atoms with Gasteiger partial charge in [-0.2, -0.15) is 23.2 Å². The molecule has 36 nitrogen and oxygen atoms in total. The van der Waals surface area contributed by atoms with Crippen LogP contribution in [0.3, 0.4) is 0 Å². The number of aliphatic carboxylic acids is 1. The molecular formula is C84H113F3N18O18. The van der Waals surface area contributed by atoms with E-state index in [1.807, 2.05) is 126 Å². The topological polar surface area (TPSA) is 536 Å². The van der Waals surface area contributed by atoms with Crippen molar-refractivity contribution < 1.29 is 100 Å². The quantitative estimate of drug-likeness (QED) is 0.0148. The molecule has 0 radical (unpaired) electrons. The summed E-state index contributed by atoms with van der Waals surface area (Å²) in [5.41, 5.74) is 22.3. The van der Waals surface area contributed by atoms with Gasteiger partial charge in [-0.3, -0.25) is 43.3 Å². The highest BCUT2D eigenvalue weighted by atomic mass is 19.4. The first-order valence-electron chi connectivity index (χ1n) is 40.0. The lowest BCUT2D eigenvalue weighted by Gasteiger charge is -2.23. The van der Waals surface area contributed by atoms with Gasteiger partial charge in [0.05, 0.1) is 64.7 Å². The molecule has 6 aromatic carbocycles. The van der Waals surface area contributed by atoms with Gasteiger partial charge in [-0.15, -0.1) is 0 Å². The smallest absolute Gasteiger partial charge is 0.490 e. The van der Waals surface area contributed by atoms with Crippen LogP contribution < -0.4 is 81.0 Å². The molecule has 0 fully saturated rings. The van der Waals surface area contributed by atoms with Crippen molar-refractivity contribution >= 4 is 77.2 Å². The molecule has 123 heavy (non-hydrogen) atoms. The van der Waals surface area contributed by atoms with Gasteiger partial charge < -0.3 is 115 Å². The summed E-state index contributed by atoms with van der Waals surface area (Å²) in [7, 11) is 0. The first kappa shape index (κ1) is 101. The second-order valence-electron chi connectivity index (χ2n) is 27.3. The number of amides is 12. The third-order valence-electron chi connectivity index (χ3n) is 17.8. The summed E-state index contributed by atoms with van der Waals surface area (Å²) in [6, 6.07) is 46.7. The van der Waals surface area contributed by atoms with Crippen LogP contribution in [-0.4, -0.2) is 247 Å². The maximum Gasteiger partial charge on any atom is 0.490 e. The summed E-state index contributed by atoms with van der Waals surface area (Å²) in [4.78, 5) is 148. The normalized spacial score (nSPS) is 11.8. The number of nitrogens with one attached hydrogen (secondary N) is 12. The van der Waals surface area contributed by atoms with E-state index in [0.717, 1.165) is 33.4 Å². The van der Waals surface area contributed by atoms with E-state index in [2.05, 4.69) is 73.8 Å². The Kier molecular flexibility index (Phi) is 48.3. The molecule has 21 N–H and O–H groups in total. The number of halogens is 3. The number of phenolic OH excluding ortho intramolecular Hbond substituents is 2. The lowest BCUT2D eigenvalue weighted by molar-refractivity contribution is -0.192. The number of ether oxygens (including phenoxy) is 4. The van der Waals surface area contributed by atoms with E-state index in [9.17, 15) is 71.3 Å². The molecule has 6 rings (SSSR count). The number of aromatic hydroxyl groups is 2. The fourth-order valence-corrected chi connectivity index (χ4v) is 11.6. The molecule has 668 valence electrons. The molecule has 0 spiro atoms. The number of nitrogens with two attached hydrogens (primary N) is 3. The van der Waals surface area contributed by atoms with Crippen molar-refractivity contribution in [3.05, 3.63) is 203 Å². The summed E-state index contributed by atoms with van der Waals surface area (Å²) in [5, 5.41) is 60.1. The molecule has 0 heterocycles. The van der Waals surface area contributed by atoms with Crippen molar-refractivity contribution in [3.63, 3.8) is 0 Å². The fraction of sp³-hybridized carbons (Fsp3) is 0.417. The van der Waals surface area contributed by atoms with Crippen molar-refractivity contribution in [1.82, 2.24) is 68.7 Å². The van der Waals surface area contributed by atoms with E-state index in [1.54, 1.807) is 24.3 Å². The average Bonchev–Trinajstić information content (AvgIpc) is 0.828. The van der Waals surface area contributed by atoms with E-state index < -0.39 is 59.9 Å². The van der Waals surface area contributed by atoms with Crippen LogP contribution in [0, 0.1) is 0 Å². The molecule has 0 saturated heterocycles. The van der Waals surface area contributed by atoms with E-state index >= 15 is 0 Å². The highest BCUT2D eigenvalue weighted by molar-refractivity contribution is 5.95. The number of benzene rings is 6. The number of carboxylic acid groups (broad SMARTS) is 1. The summed E-state index contributed by atoms with van der Waals surface area (Å²) >= 11 is 0. The SMILES string of the molecule is NCCN(CCNC(=O)CCC(=O)NCCOCCOCCNC(=O)/N=C(/N)NCCC[C@@H](NC(=O)C(c1ccccc1)c1ccccc1)C(=O)NCc1ccc(O)cc1)CCNC(=O)CCC(=O)NCCOCCOCCNC(=O)/N=C(/N)NCCC[C@@H](NC(=O)C(c1ccccc1)c1ccccc1)C(=O)NCc1ccc(O)cc1.O=C(O)C(F)(F)F. The van der Waals surface area contributed by atoms with Gasteiger partial charge in [-0.1, -0.05) is 146 Å². The molecule has 6 aromatic rings. The average molecular weight is 1720 g/mol. The minimum absolute atomic E-state index is 0.0293. The number of nitrogens with zero attached hydrogens (tertiary/aromatic N) is 3. The Morgan fingerprint density at radius 3 is 0.959 bits per heavy atom. The molecule has 39 heteroatoms. The molecule has 0 bridgehead atoms. The lowest BCUT2D eigenvalue weighted by Crippen LogP contribution is -2.48. The number of hydrogen-bond donors (Lipinski definition) is 18. The second kappa shape index (κ2) is 59.0. The number of rotatable bonds is 54. The number of carbonyl (C=O) groups excluding carboxylic acids is 10. The van der Waals surface area contributed by atoms with Gasteiger partial charge in [0, 0.05) is 117 Å². The van der Waals surface area contributed by atoms with Crippen LogP contribution in [0.15, 0.2) is 180 Å². The Balaban J connectivity index is 0.00000367. The van der Waals surface area contributed by atoms with Crippen LogP contribution in [0.2, 0.25) is 0 Å². The van der Waals surface area contributed by atoms with E-state index in [1.165, 1.54) is 24.3 Å². The van der Waals surface area contributed by atoms with Crippen LogP contribution >= 0.6 is 0 Å². The Hall–Kier alpha value is -12.8. The number of carboxylic acids is 1. The highest BCUT2D eigenvalue weighted by Gasteiger charge is 2.38. The van der Waals surface area contributed by atoms with Crippen LogP contribution in [-0.2, 0) is 75.2 Å². The Labute approximate surface area is 711 Å². The number of guanidine groups is 2. The van der Waals surface area contributed by atoms with Crippen LogP contribution in [0.5, 0.6) is 11.5 Å². The van der Waals surface area contributed by atoms with Crippen LogP contribution in [0.4, 0.5) is 22.8 Å². The van der Waals surface area contributed by atoms with Crippen molar-refractivity contribution in [2.75, 3.05) is 131 Å². The van der Waals surface area contributed by atoms with Crippen LogP contribution in [0.25, 0.3) is 0 Å². The summed E-state index contributed by atoms with van der Waals surface area (Å²) in [6.07, 6.45) is -4.04. The Bertz CT molecular complexity index is 3900. The number of urea groups is 2. The standard InChI is InChI=1S/C82H112N18O16.C2HF3O2/c83-37-46-100(47-40-86-69(103)33-35-71(105)88-42-49-113-53-55-115-51-44-92-81(111)98-79(84)90-38-13-23-67(75(107)94-57-59-25-29-65(101)30-26-59)96-77(109)73(61-15-5-1-6-16-61)62-17-7-2-8-18-62)48-41-87-70(104)34-36-72(106)89-43-50-114-54-56-116-52-45-93-82(112)99-80(85)91-39-14-24-68(76(108)95-58-60-27-31-66(102)32-28-60)97-78(110)74(63-19-9-3-10-20-63)64-21-11-4-12-22-64;3-2(4,5)1(6)7/h1-12,15-22,25-32,67-68,73-74,101-102H,13-14,23-24,33-58,83H2,(H,86,103)(H,87,104)(H,88,105)(H,89,106)(H,94,107)(H,95,108)(H,96,109)(H,97,110)(H4,84,90,92,98,111)(H4,85,91,93,99,112);(H,6,7)/t67-,68-;/m1./s1. The van der Waals surface area contributed by atoms with Crippen molar-refractivity contribution in [2.24, 2.45) is 27.2 Å². The molecule has 0 aromatic heterocycles. The molecule has 0 aliphatic rings. The zero-order valence-electron chi connectivity index (χ0n) is 68.4. The Morgan fingerprint density at radius 1 is 0.374 bits per heavy atom. The van der Waals surface area contributed by atoms with Crippen LogP contribution in [0.1, 0.15) is 96.6 Å². The first-order chi connectivity index (χ1) is 59.3. The number of aliphatic imine (C=N–C) groups is 2. The summed E-state index contributed by atoms with van der Waals surface area (Å²) in [5.74, 6) is -7.01. The van der Waals surface area contributed by atoms with Gasteiger partial charge in [-0.25, -0.2) is 14.4 Å². The second-order valence-corrected chi connectivity index (χ2v) is 27.3. The fourth-order valence-electron chi connectivity index (χ4n) is 11.6. The molecule has 0 aliphatic heterocycles. The molecule has 0 unspecified atom stereocenters. The molecule has 0 saturated carbocycles. The maximum atomic E-state index is 14.0. The monoisotopic (exact) mass is 1720 g/mol. The van der Waals surface area contributed by atoms with E-state index in [0.29, 0.717) is 39.0 Å². The Morgan fingerprint density at radius 2 is 0.667 bits per heavy atom. The number of hydrogen-bond acceptors (Lipinski definition) is 19. The maximum absolute atomic E-state index is 14.0. The van der Waals surface area contributed by atoms with Gasteiger partial charge in [0.25, 0.3) is 0 Å². The molecule has 2 atom stereocenters. The minimum Gasteiger partial charge on any atom is -0.508 e. The van der Waals surface area contributed by atoms with Gasteiger partial charge in [-0.05, 0) is 83.3 Å². The van der Waals surface area contributed by atoms with E-state index in [-0.39, 0.29) is 216 Å². The van der Waals surface area contributed by atoms with Crippen molar-refractivity contribution in [1.29, 1.82) is 0 Å². The third-order valence-corrected chi connectivity index (χ3v) is 17.8. The first-order valence-corrected chi connectivity index (χ1v) is 40.0. The largest absolute Gasteiger partial charge is 0.508 e. The zero-order valence-corrected chi connectivity index (χ0v) is 68.4. The van der Waals surface area contributed by atoms with Gasteiger partial charge >= 0.3 is 24.2 Å². The summed E-state index contributed by atoms with van der Waals surface area (Å²) < 4.78 is 53.8. The molecule has 12 amide bonds. The number of phenols is 2. The zero-order chi connectivity index (χ0) is 89.3. The lowest BCUT2D eigenvalue weighted by atomic mass is 9.90. The van der Waals surface area contributed by atoms with Gasteiger partial charge in [0.15, 0.2) is 11.9 Å². The molecule has 0 aliphatic carbocycles. The van der Waals surface area contributed by atoms with Crippen molar-refractivity contribution in [2.45, 2.75) is 94.6 Å². The predicted molar refractivity (Wildman–Crippen MR) is 451 cm³/mol. The third kappa shape index (κ3) is 44.3. The van der Waals surface area contributed by atoms with Gasteiger partial charge in [0.2, 0.25) is 47.3 Å². The van der Waals surface area contributed by atoms with Gasteiger partial charge in [0.1, 0.15) is 23.6 Å². The predicted octanol–water partition coefficient (Wildman–Crippen LogP) is 2.44. The molecular weight excluding hydrogens is 1610 g/mol. The minimum atomic E-state index is -5.08. The number of carbonyl (C=O) groups is 11. The highest BCUT2D eigenvalue weighted by Crippen LogP contribution is 2.27. The summed E-state index contributed by atoms with van der Waals surface area (Å²) in [6.45, 7) is 5.35. The van der Waals surface area contributed by atoms with Crippen molar-refractivity contribution in [3.8, 4) is 11.5 Å².